The highest BCUT2D eigenvalue weighted by molar-refractivity contribution is 5.86. The number of ether oxygens (including phenoxy) is 2. The Hall–Kier alpha value is -2.77. The van der Waals surface area contributed by atoms with E-state index in [1.807, 2.05) is 56.0 Å². The van der Waals surface area contributed by atoms with Gasteiger partial charge >= 0.3 is 12.2 Å². The van der Waals surface area contributed by atoms with Gasteiger partial charge in [-0.05, 0) is 52.0 Å². The zero-order chi connectivity index (χ0) is 22.4. The van der Waals surface area contributed by atoms with Crippen molar-refractivity contribution in [2.75, 3.05) is 19.6 Å². The fraction of sp³-hybridized carbons (Fsp3) is 0.609. The van der Waals surface area contributed by atoms with Gasteiger partial charge in [0, 0.05) is 25.7 Å². The monoisotopic (exact) mass is 431 g/mol. The molecular weight excluding hydrogens is 398 g/mol. The van der Waals surface area contributed by atoms with Gasteiger partial charge in [-0.2, -0.15) is 0 Å². The summed E-state index contributed by atoms with van der Waals surface area (Å²) in [6.07, 6.45) is 1.95. The molecule has 8 heteroatoms. The number of carbonyl (C=O) groups excluding carboxylic acids is 3. The lowest BCUT2D eigenvalue weighted by Crippen LogP contribution is -2.57. The molecule has 31 heavy (non-hydrogen) atoms. The second kappa shape index (κ2) is 10.0. The van der Waals surface area contributed by atoms with Crippen LogP contribution in [0.3, 0.4) is 0 Å². The smallest absolute Gasteiger partial charge is 0.410 e. The van der Waals surface area contributed by atoms with E-state index in [1.54, 1.807) is 4.90 Å². The average Bonchev–Trinajstić information content (AvgIpc) is 2.73. The standard InChI is InChI=1S/C23H33N3O5/c1-23(2,3)31-22(29)25-14-11-18(12-15-25)26-13-7-10-19(20(26)27)24-21(28)30-16-17-8-5-4-6-9-17/h4-6,8-9,18-19H,7,10-16H2,1-3H3,(H,24,28). The number of nitrogens with one attached hydrogen (secondary N) is 1. The molecule has 0 aromatic heterocycles. The molecule has 1 atom stereocenters. The van der Waals surface area contributed by atoms with E-state index < -0.39 is 17.7 Å². The van der Waals surface area contributed by atoms with E-state index in [-0.39, 0.29) is 24.6 Å². The van der Waals surface area contributed by atoms with E-state index >= 15 is 0 Å². The van der Waals surface area contributed by atoms with Crippen molar-refractivity contribution >= 4 is 18.1 Å². The van der Waals surface area contributed by atoms with Crippen molar-refractivity contribution < 1.29 is 23.9 Å². The molecule has 2 aliphatic heterocycles. The summed E-state index contributed by atoms with van der Waals surface area (Å²) in [6.45, 7) is 7.50. The minimum absolute atomic E-state index is 0.0659. The molecule has 1 N–H and O–H groups in total. The van der Waals surface area contributed by atoms with E-state index in [0.717, 1.165) is 12.0 Å². The van der Waals surface area contributed by atoms with E-state index in [2.05, 4.69) is 5.32 Å². The molecule has 2 aliphatic rings. The van der Waals surface area contributed by atoms with Crippen molar-refractivity contribution in [1.29, 1.82) is 0 Å². The molecule has 2 fully saturated rings. The summed E-state index contributed by atoms with van der Waals surface area (Å²) in [5, 5.41) is 2.72. The number of hydrogen-bond acceptors (Lipinski definition) is 5. The molecule has 0 radical (unpaired) electrons. The van der Waals surface area contributed by atoms with Crippen LogP contribution in [-0.2, 0) is 20.9 Å². The first-order valence-electron chi connectivity index (χ1n) is 11.0. The second-order valence-electron chi connectivity index (χ2n) is 9.13. The topological polar surface area (TPSA) is 88.2 Å². The van der Waals surface area contributed by atoms with Gasteiger partial charge in [-0.25, -0.2) is 9.59 Å². The molecule has 1 unspecified atom stereocenters. The highest BCUT2D eigenvalue weighted by atomic mass is 16.6. The van der Waals surface area contributed by atoms with Crippen molar-refractivity contribution in [3.05, 3.63) is 35.9 Å². The molecule has 0 spiro atoms. The van der Waals surface area contributed by atoms with Crippen molar-refractivity contribution in [3.8, 4) is 0 Å². The van der Waals surface area contributed by atoms with Crippen molar-refractivity contribution in [2.45, 2.75) is 70.7 Å². The molecule has 3 amide bonds. The Labute approximate surface area is 183 Å². The third-order valence-electron chi connectivity index (χ3n) is 5.53. The van der Waals surface area contributed by atoms with Gasteiger partial charge in [0.05, 0.1) is 0 Å². The SMILES string of the molecule is CC(C)(C)OC(=O)N1CCC(N2CCCC(NC(=O)OCc3ccccc3)C2=O)CC1. The highest BCUT2D eigenvalue weighted by Gasteiger charge is 2.37. The van der Waals surface area contributed by atoms with Crippen LogP contribution in [0.15, 0.2) is 30.3 Å². The molecule has 0 saturated carbocycles. The van der Waals surface area contributed by atoms with E-state index in [9.17, 15) is 14.4 Å². The second-order valence-corrected chi connectivity index (χ2v) is 9.13. The number of hydrogen-bond donors (Lipinski definition) is 1. The first-order chi connectivity index (χ1) is 14.7. The van der Waals surface area contributed by atoms with Crippen molar-refractivity contribution in [1.82, 2.24) is 15.1 Å². The van der Waals surface area contributed by atoms with Crippen LogP contribution in [0.1, 0.15) is 52.0 Å². The fourth-order valence-electron chi connectivity index (χ4n) is 3.99. The minimum Gasteiger partial charge on any atom is -0.445 e. The first kappa shape index (κ1) is 22.9. The molecular formula is C23H33N3O5. The van der Waals surface area contributed by atoms with Crippen LogP contribution in [0.25, 0.3) is 0 Å². The van der Waals surface area contributed by atoms with Crippen LogP contribution < -0.4 is 5.32 Å². The van der Waals surface area contributed by atoms with Gasteiger partial charge in [0.15, 0.2) is 0 Å². The zero-order valence-corrected chi connectivity index (χ0v) is 18.6. The van der Waals surface area contributed by atoms with Crippen LogP contribution in [0.4, 0.5) is 9.59 Å². The van der Waals surface area contributed by atoms with Crippen LogP contribution in [0.2, 0.25) is 0 Å². The molecule has 2 heterocycles. The molecule has 1 aromatic rings. The number of amides is 3. The molecule has 0 bridgehead atoms. The quantitative estimate of drug-likeness (QED) is 0.790. The Bertz CT molecular complexity index is 769. The van der Waals surface area contributed by atoms with Crippen molar-refractivity contribution in [2.24, 2.45) is 0 Å². The number of carbonyl (C=O) groups is 3. The molecule has 8 nitrogen and oxygen atoms in total. The van der Waals surface area contributed by atoms with Crippen LogP contribution in [0, 0.1) is 0 Å². The van der Waals surface area contributed by atoms with Gasteiger partial charge in [0.1, 0.15) is 18.2 Å². The van der Waals surface area contributed by atoms with E-state index in [0.29, 0.717) is 38.9 Å². The fourth-order valence-corrected chi connectivity index (χ4v) is 3.99. The van der Waals surface area contributed by atoms with Crippen LogP contribution in [-0.4, -0.2) is 65.2 Å². The lowest BCUT2D eigenvalue weighted by molar-refractivity contribution is -0.139. The van der Waals surface area contributed by atoms with Gasteiger partial charge in [-0.1, -0.05) is 30.3 Å². The molecule has 1 aromatic carbocycles. The largest absolute Gasteiger partial charge is 0.445 e. The predicted octanol–water partition coefficient (Wildman–Crippen LogP) is 3.30. The lowest BCUT2D eigenvalue weighted by atomic mass is 9.97. The maximum Gasteiger partial charge on any atom is 0.410 e. The molecule has 2 saturated heterocycles. The van der Waals surface area contributed by atoms with E-state index in [1.165, 1.54) is 0 Å². The summed E-state index contributed by atoms with van der Waals surface area (Å²) in [7, 11) is 0. The number of nitrogens with zero attached hydrogens (tertiary/aromatic N) is 2. The van der Waals surface area contributed by atoms with Crippen LogP contribution >= 0.6 is 0 Å². The maximum atomic E-state index is 13.0. The Balaban J connectivity index is 1.47. The summed E-state index contributed by atoms with van der Waals surface area (Å²) in [5.74, 6) is -0.0707. The third-order valence-corrected chi connectivity index (χ3v) is 5.53. The van der Waals surface area contributed by atoms with Gasteiger partial charge in [-0.15, -0.1) is 0 Å². The van der Waals surface area contributed by atoms with Crippen molar-refractivity contribution in [3.63, 3.8) is 0 Å². The molecule has 170 valence electrons. The number of rotatable bonds is 4. The average molecular weight is 432 g/mol. The minimum atomic E-state index is -0.580. The summed E-state index contributed by atoms with van der Waals surface area (Å²) in [5.41, 5.74) is 0.371. The summed E-state index contributed by atoms with van der Waals surface area (Å²) >= 11 is 0. The Morgan fingerprint density at radius 1 is 1.06 bits per heavy atom. The number of likely N-dealkylation sites (tertiary alicyclic amines) is 2. The number of benzene rings is 1. The van der Waals surface area contributed by atoms with Crippen LogP contribution in [0.5, 0.6) is 0 Å². The van der Waals surface area contributed by atoms with E-state index in [4.69, 9.17) is 9.47 Å². The number of piperidine rings is 2. The highest BCUT2D eigenvalue weighted by Crippen LogP contribution is 2.23. The Morgan fingerprint density at radius 3 is 2.39 bits per heavy atom. The molecule has 0 aliphatic carbocycles. The first-order valence-corrected chi connectivity index (χ1v) is 11.0. The molecule has 3 rings (SSSR count). The summed E-state index contributed by atoms with van der Waals surface area (Å²) < 4.78 is 10.7. The summed E-state index contributed by atoms with van der Waals surface area (Å²) in [6, 6.07) is 8.92. The Morgan fingerprint density at radius 2 is 1.74 bits per heavy atom. The third kappa shape index (κ3) is 6.60. The van der Waals surface area contributed by atoms with Gasteiger partial charge < -0.3 is 24.6 Å². The maximum absolute atomic E-state index is 13.0. The van der Waals surface area contributed by atoms with Gasteiger partial charge in [-0.3, -0.25) is 4.79 Å². The summed E-state index contributed by atoms with van der Waals surface area (Å²) in [4.78, 5) is 41.0. The lowest BCUT2D eigenvalue weighted by Gasteiger charge is -2.42. The number of alkyl carbamates (subject to hydrolysis) is 1. The zero-order valence-electron chi connectivity index (χ0n) is 18.6. The Kier molecular flexibility index (Phi) is 7.41. The van der Waals surface area contributed by atoms with Gasteiger partial charge in [0.2, 0.25) is 5.91 Å². The predicted molar refractivity (Wildman–Crippen MR) is 115 cm³/mol. The van der Waals surface area contributed by atoms with Gasteiger partial charge in [0.25, 0.3) is 0 Å². The normalized spacial score (nSPS) is 20.4.